The second-order valence-corrected chi connectivity index (χ2v) is 5.45. The number of hydrogen-bond acceptors (Lipinski definition) is 3. The minimum Gasteiger partial charge on any atom is -0.297 e. The summed E-state index contributed by atoms with van der Waals surface area (Å²) < 4.78 is 27.9. The lowest BCUT2D eigenvalue weighted by Gasteiger charge is -2.37. The summed E-state index contributed by atoms with van der Waals surface area (Å²) in [5.41, 5.74) is 1.85. The van der Waals surface area contributed by atoms with Gasteiger partial charge < -0.3 is 0 Å². The molecule has 0 amide bonds. The molecule has 17 heavy (non-hydrogen) atoms. The van der Waals surface area contributed by atoms with Gasteiger partial charge in [0.1, 0.15) is 12.2 Å². The molecule has 2 heterocycles. The first-order chi connectivity index (χ1) is 8.17. The van der Waals surface area contributed by atoms with Crippen molar-refractivity contribution < 1.29 is 13.6 Å². The highest BCUT2D eigenvalue weighted by Gasteiger charge is 2.56. The molecular weight excluding hydrogens is 294 g/mol. The third-order valence-electron chi connectivity index (χ3n) is 3.73. The fraction of sp³-hybridized carbons (Fsp3) is 0.545. The number of fused-ring (bicyclic) bond motifs is 1. The molecule has 0 spiro atoms. The summed E-state index contributed by atoms with van der Waals surface area (Å²) in [6.07, 6.45) is 3.08. The van der Waals surface area contributed by atoms with Gasteiger partial charge in [-0.3, -0.25) is 4.84 Å². The minimum absolute atomic E-state index is 0.0101. The molecule has 3 rings (SSSR count). The number of hydrogen-bond donors (Lipinski definition) is 1. The van der Waals surface area contributed by atoms with Crippen LogP contribution in [-0.4, -0.2) is 17.8 Å². The van der Waals surface area contributed by atoms with E-state index < -0.39 is 18.2 Å². The zero-order valence-corrected chi connectivity index (χ0v) is 10.5. The van der Waals surface area contributed by atoms with E-state index >= 15 is 0 Å². The lowest BCUT2D eigenvalue weighted by atomic mass is 9.68. The van der Waals surface area contributed by atoms with Gasteiger partial charge in [0.05, 0.1) is 6.10 Å². The molecule has 2 aliphatic rings. The van der Waals surface area contributed by atoms with Gasteiger partial charge in [-0.25, -0.2) is 9.37 Å². The number of nitrogens with zero attached hydrogens (tertiary/aromatic N) is 1. The molecule has 1 N–H and O–H groups in total. The summed E-state index contributed by atoms with van der Waals surface area (Å²) in [5, 5.41) is 0. The molecular formula is C11H11BrF2N2O. The molecule has 0 bridgehead atoms. The molecule has 1 aliphatic heterocycles. The summed E-state index contributed by atoms with van der Waals surface area (Å²) in [7, 11) is 0. The van der Waals surface area contributed by atoms with Crippen molar-refractivity contribution in [3.05, 3.63) is 28.2 Å². The Balaban J connectivity index is 2.08. The van der Waals surface area contributed by atoms with Crippen molar-refractivity contribution in [1.82, 2.24) is 10.5 Å². The fourth-order valence-electron chi connectivity index (χ4n) is 2.62. The van der Waals surface area contributed by atoms with Crippen molar-refractivity contribution in [3.63, 3.8) is 0 Å². The quantitative estimate of drug-likeness (QED) is 0.852. The zero-order chi connectivity index (χ0) is 12.0. The third kappa shape index (κ3) is 1.54. The van der Waals surface area contributed by atoms with Crippen LogP contribution in [0.25, 0.3) is 0 Å². The maximum Gasteiger partial charge on any atom is 0.218 e. The summed E-state index contributed by atoms with van der Waals surface area (Å²) in [5.74, 6) is -0.660. The van der Waals surface area contributed by atoms with Gasteiger partial charge in [0.2, 0.25) is 5.95 Å². The summed E-state index contributed by atoms with van der Waals surface area (Å²) in [6.45, 7) is -0.705. The standard InChI is InChI=1S/C11H11BrF2N2O/c12-6-3-8(10(14)15-4-6)11(5-13)7-1-2-9(7)17-16-11/h3-4,7,9,16H,1-2,5H2. The van der Waals surface area contributed by atoms with Crippen LogP contribution in [0.3, 0.4) is 0 Å². The molecule has 92 valence electrons. The summed E-state index contributed by atoms with van der Waals surface area (Å²) >= 11 is 3.23. The molecule has 2 fully saturated rings. The van der Waals surface area contributed by atoms with Crippen molar-refractivity contribution >= 4 is 15.9 Å². The molecule has 6 heteroatoms. The van der Waals surface area contributed by atoms with E-state index in [2.05, 4.69) is 26.4 Å². The minimum atomic E-state index is -1.08. The molecule has 3 unspecified atom stereocenters. The van der Waals surface area contributed by atoms with Crippen LogP contribution in [-0.2, 0) is 10.4 Å². The van der Waals surface area contributed by atoms with Crippen LogP contribution < -0.4 is 5.48 Å². The number of alkyl halides is 1. The van der Waals surface area contributed by atoms with Gasteiger partial charge in [-0.2, -0.15) is 9.87 Å². The molecule has 1 aromatic heterocycles. The first-order valence-corrected chi connectivity index (χ1v) is 6.27. The predicted octanol–water partition coefficient (Wildman–Crippen LogP) is 2.46. The van der Waals surface area contributed by atoms with Gasteiger partial charge in [0.15, 0.2) is 0 Å². The highest BCUT2D eigenvalue weighted by molar-refractivity contribution is 9.10. The maximum atomic E-state index is 13.8. The molecule has 1 aromatic rings. The highest BCUT2D eigenvalue weighted by atomic mass is 79.9. The molecule has 3 nitrogen and oxygen atoms in total. The molecule has 3 atom stereocenters. The Hall–Kier alpha value is -0.590. The first-order valence-electron chi connectivity index (χ1n) is 5.47. The lowest BCUT2D eigenvalue weighted by Crippen LogP contribution is -2.48. The Morgan fingerprint density at radius 1 is 1.59 bits per heavy atom. The van der Waals surface area contributed by atoms with Gasteiger partial charge in [-0.1, -0.05) is 0 Å². The molecule has 1 saturated carbocycles. The smallest absolute Gasteiger partial charge is 0.218 e. The zero-order valence-electron chi connectivity index (χ0n) is 8.92. The van der Waals surface area contributed by atoms with Crippen LogP contribution in [0.2, 0.25) is 0 Å². The van der Waals surface area contributed by atoms with Crippen LogP contribution in [0, 0.1) is 11.9 Å². The maximum absolute atomic E-state index is 13.8. The summed E-state index contributed by atoms with van der Waals surface area (Å²) in [4.78, 5) is 8.93. The Kier molecular flexibility index (Phi) is 2.68. The van der Waals surface area contributed by atoms with E-state index in [0.29, 0.717) is 4.47 Å². The Bertz CT molecular complexity index is 459. The fourth-order valence-corrected chi connectivity index (χ4v) is 2.95. The van der Waals surface area contributed by atoms with E-state index in [1.54, 1.807) is 6.07 Å². The summed E-state index contributed by atoms with van der Waals surface area (Å²) in [6, 6.07) is 1.57. The van der Waals surface area contributed by atoms with E-state index in [-0.39, 0.29) is 17.6 Å². The van der Waals surface area contributed by atoms with E-state index in [1.165, 1.54) is 6.20 Å². The topological polar surface area (TPSA) is 34.2 Å². The van der Waals surface area contributed by atoms with Crippen LogP contribution >= 0.6 is 15.9 Å². The van der Waals surface area contributed by atoms with Crippen molar-refractivity contribution in [3.8, 4) is 0 Å². The van der Waals surface area contributed by atoms with Crippen LogP contribution in [0.5, 0.6) is 0 Å². The third-order valence-corrected chi connectivity index (χ3v) is 4.17. The van der Waals surface area contributed by atoms with E-state index in [1.807, 2.05) is 0 Å². The number of nitrogens with one attached hydrogen (secondary N) is 1. The van der Waals surface area contributed by atoms with Crippen LogP contribution in [0.15, 0.2) is 16.7 Å². The first kappa shape index (κ1) is 11.5. The second kappa shape index (κ2) is 3.96. The number of halogens is 3. The highest BCUT2D eigenvalue weighted by Crippen LogP contribution is 2.49. The van der Waals surface area contributed by atoms with Crippen molar-refractivity contribution in [1.29, 1.82) is 0 Å². The van der Waals surface area contributed by atoms with E-state index in [0.717, 1.165) is 12.8 Å². The van der Waals surface area contributed by atoms with E-state index in [4.69, 9.17) is 4.84 Å². The van der Waals surface area contributed by atoms with E-state index in [9.17, 15) is 8.78 Å². The predicted molar refractivity (Wildman–Crippen MR) is 60.3 cm³/mol. The average Bonchev–Trinajstić information content (AvgIpc) is 2.54. The number of rotatable bonds is 2. The number of aromatic nitrogens is 1. The normalized spacial score (nSPS) is 35.5. The molecule has 0 radical (unpaired) electrons. The molecule has 0 aromatic carbocycles. The van der Waals surface area contributed by atoms with Crippen LogP contribution in [0.1, 0.15) is 18.4 Å². The van der Waals surface area contributed by atoms with Gasteiger partial charge in [-0.05, 0) is 34.8 Å². The number of hydroxylamine groups is 1. The van der Waals surface area contributed by atoms with Gasteiger partial charge in [-0.15, -0.1) is 0 Å². The lowest BCUT2D eigenvalue weighted by molar-refractivity contribution is -0.0181. The van der Waals surface area contributed by atoms with Crippen LogP contribution in [0.4, 0.5) is 8.78 Å². The Morgan fingerprint density at radius 2 is 2.41 bits per heavy atom. The molecule has 1 saturated heterocycles. The van der Waals surface area contributed by atoms with Crippen molar-refractivity contribution in [2.75, 3.05) is 6.67 Å². The van der Waals surface area contributed by atoms with Gasteiger partial charge in [0, 0.05) is 22.2 Å². The molecule has 1 aliphatic carbocycles. The Labute approximate surface area is 106 Å². The van der Waals surface area contributed by atoms with Gasteiger partial charge in [0.25, 0.3) is 0 Å². The largest absolute Gasteiger partial charge is 0.297 e. The second-order valence-electron chi connectivity index (χ2n) is 4.54. The van der Waals surface area contributed by atoms with Crippen molar-refractivity contribution in [2.24, 2.45) is 5.92 Å². The average molecular weight is 305 g/mol. The number of pyridine rings is 1. The van der Waals surface area contributed by atoms with Gasteiger partial charge >= 0.3 is 0 Å². The Morgan fingerprint density at radius 3 is 3.00 bits per heavy atom. The SMILES string of the molecule is FCC1(c2cc(Br)cnc2F)NOC2CCC21. The monoisotopic (exact) mass is 304 g/mol. The van der Waals surface area contributed by atoms with Crippen molar-refractivity contribution in [2.45, 2.75) is 24.5 Å².